The molecule has 5 aromatic rings. The molecule has 5 atom stereocenters. The second-order valence-electron chi connectivity index (χ2n) is 9.84. The number of anilines is 2. The molecule has 42 heavy (non-hydrogen) atoms. The maximum absolute atomic E-state index is 12.0. The quantitative estimate of drug-likeness (QED) is 0.0820. The molecule has 1 aliphatic rings. The van der Waals surface area contributed by atoms with E-state index in [9.17, 15) is 24.2 Å². The molecule has 1 saturated heterocycles. The molecule has 3 heterocycles. The van der Waals surface area contributed by atoms with Crippen molar-refractivity contribution in [3.8, 4) is 0 Å². The predicted octanol–water partition coefficient (Wildman–Crippen LogP) is 3.49. The van der Waals surface area contributed by atoms with Crippen molar-refractivity contribution in [3.05, 3.63) is 66.2 Å². The molecule has 6 rings (SSSR count). The topological polar surface area (TPSA) is 209 Å². The zero-order valence-corrected chi connectivity index (χ0v) is 24.0. The summed E-state index contributed by atoms with van der Waals surface area (Å²) >= 11 is 6.23. The fourth-order valence-corrected chi connectivity index (χ4v) is 7.61. The molecule has 0 bridgehead atoms. The Morgan fingerprint density at radius 1 is 0.952 bits per heavy atom. The Morgan fingerprint density at radius 3 is 2.36 bits per heavy atom. The summed E-state index contributed by atoms with van der Waals surface area (Å²) in [5.74, 6) is -1.13. The molecule has 0 aliphatic carbocycles. The van der Waals surface area contributed by atoms with Crippen molar-refractivity contribution in [1.29, 1.82) is 0 Å². The van der Waals surface area contributed by atoms with Crippen LogP contribution in [0.4, 0.5) is 11.5 Å². The van der Waals surface area contributed by atoms with Crippen molar-refractivity contribution >= 4 is 71.0 Å². The number of aliphatic hydroxyl groups is 2. The van der Waals surface area contributed by atoms with Gasteiger partial charge in [-0.2, -0.15) is 9.97 Å². The molecule has 0 amide bonds. The van der Waals surface area contributed by atoms with Crippen LogP contribution < -0.4 is 5.32 Å². The van der Waals surface area contributed by atoms with Crippen LogP contribution in [0, 0.1) is 0 Å². The van der Waals surface area contributed by atoms with E-state index in [1.165, 1.54) is 10.9 Å². The number of nitrogens with one attached hydrogen (secondary N) is 1. The van der Waals surface area contributed by atoms with Gasteiger partial charge in [-0.05, 0) is 57.4 Å². The van der Waals surface area contributed by atoms with Crippen LogP contribution >= 0.6 is 26.8 Å². The van der Waals surface area contributed by atoms with E-state index in [-0.39, 0.29) is 22.3 Å². The molecule has 1 fully saturated rings. The van der Waals surface area contributed by atoms with Crippen molar-refractivity contribution in [2.75, 3.05) is 17.8 Å². The maximum atomic E-state index is 12.0. The number of halogens is 1. The number of imidazole rings is 1. The SMILES string of the molecule is O=P(O)(O)CP(=O)(O)OC[C@H]1O[C@@H](n2cnc3c(Nc4ccc5cc6ccccc6cc5c4)nc(Cl)nc32)C(O)C1O. The predicted molar refractivity (Wildman–Crippen MR) is 154 cm³/mol. The van der Waals surface area contributed by atoms with Crippen LogP contribution in [0.1, 0.15) is 6.23 Å². The highest BCUT2D eigenvalue weighted by molar-refractivity contribution is 7.70. The first kappa shape index (κ1) is 29.1. The van der Waals surface area contributed by atoms with E-state index in [0.29, 0.717) is 5.69 Å². The first-order chi connectivity index (χ1) is 19.9. The summed E-state index contributed by atoms with van der Waals surface area (Å²) in [4.78, 5) is 40.5. The minimum Gasteiger partial charge on any atom is -0.387 e. The van der Waals surface area contributed by atoms with Crippen LogP contribution in [0.5, 0.6) is 0 Å². The molecule has 3 aromatic carbocycles. The molecule has 14 nitrogen and oxygen atoms in total. The standard InChI is InChI=1S/C25H24ClN5O9P2/c26-25-29-22(28-17-6-5-15-7-13-3-1-2-4-14(13)8-16(15)9-17)19-23(30-25)31(11-27-19)24-21(33)20(32)18(40-24)10-39-42(37,38)12-41(34,35)36/h1-9,11,18,20-21,24,32-33H,10,12H2,(H,37,38)(H,28,29,30)(H2,34,35,36)/t18-,20?,21?,24-/m1/s1. The molecule has 17 heteroatoms. The van der Waals surface area contributed by atoms with Crippen molar-refractivity contribution in [2.45, 2.75) is 24.5 Å². The second-order valence-corrected chi connectivity index (χ2v) is 14.2. The minimum absolute atomic E-state index is 0.134. The zero-order valence-electron chi connectivity index (χ0n) is 21.4. The van der Waals surface area contributed by atoms with Gasteiger partial charge in [0.1, 0.15) is 18.3 Å². The first-order valence-electron chi connectivity index (χ1n) is 12.5. The summed E-state index contributed by atoms with van der Waals surface area (Å²) in [6, 6.07) is 18.0. The molecule has 0 spiro atoms. The lowest BCUT2D eigenvalue weighted by Gasteiger charge is -2.18. The second kappa shape index (κ2) is 10.9. The lowest BCUT2D eigenvalue weighted by molar-refractivity contribution is -0.0483. The summed E-state index contributed by atoms with van der Waals surface area (Å²) < 4.78 is 34.9. The first-order valence-corrected chi connectivity index (χ1v) is 16.4. The maximum Gasteiger partial charge on any atom is 0.340 e. The summed E-state index contributed by atoms with van der Waals surface area (Å²) in [5, 5.41) is 28.5. The Kier molecular flexibility index (Phi) is 7.57. The highest BCUT2D eigenvalue weighted by Crippen LogP contribution is 2.55. The van der Waals surface area contributed by atoms with Gasteiger partial charge in [0.2, 0.25) is 5.28 Å². The third-order valence-electron chi connectivity index (χ3n) is 6.78. The smallest absolute Gasteiger partial charge is 0.340 e. The fraction of sp³-hybridized carbons (Fsp3) is 0.240. The average molecular weight is 636 g/mol. The number of ether oxygens (including phenoxy) is 1. The lowest BCUT2D eigenvalue weighted by Crippen LogP contribution is -2.33. The van der Waals surface area contributed by atoms with Gasteiger partial charge in [0, 0.05) is 5.69 Å². The number of nitrogens with zero attached hydrogens (tertiary/aromatic N) is 4. The number of benzene rings is 3. The molecule has 0 saturated carbocycles. The molecule has 1 aliphatic heterocycles. The highest BCUT2D eigenvalue weighted by Gasteiger charge is 2.45. The summed E-state index contributed by atoms with van der Waals surface area (Å²) in [6.07, 6.45) is -4.39. The Morgan fingerprint density at radius 2 is 1.64 bits per heavy atom. The van der Waals surface area contributed by atoms with Gasteiger partial charge in [0.05, 0.1) is 12.9 Å². The van der Waals surface area contributed by atoms with E-state index in [2.05, 4.69) is 32.4 Å². The van der Waals surface area contributed by atoms with Gasteiger partial charge in [-0.1, -0.05) is 30.3 Å². The molecule has 3 unspecified atom stereocenters. The van der Waals surface area contributed by atoms with E-state index in [4.69, 9.17) is 30.6 Å². The molecule has 2 aromatic heterocycles. The third-order valence-corrected chi connectivity index (χ3v) is 10.4. The zero-order chi connectivity index (χ0) is 29.8. The number of aliphatic hydroxyl groups excluding tert-OH is 2. The summed E-state index contributed by atoms with van der Waals surface area (Å²) in [6.45, 7) is -0.727. The lowest BCUT2D eigenvalue weighted by atomic mass is 10.0. The van der Waals surface area contributed by atoms with E-state index in [1.54, 1.807) is 0 Å². The average Bonchev–Trinajstić information content (AvgIpc) is 3.45. The molecular weight excluding hydrogens is 612 g/mol. The molecule has 6 N–H and O–H groups in total. The van der Waals surface area contributed by atoms with Crippen LogP contribution in [0.2, 0.25) is 5.28 Å². The molecule has 0 radical (unpaired) electrons. The number of fused-ring (bicyclic) bond motifs is 3. The van der Waals surface area contributed by atoms with Crippen molar-refractivity contribution in [2.24, 2.45) is 0 Å². The minimum atomic E-state index is -4.85. The van der Waals surface area contributed by atoms with Gasteiger partial charge in [-0.25, -0.2) is 4.98 Å². The monoisotopic (exact) mass is 635 g/mol. The van der Waals surface area contributed by atoms with Gasteiger partial charge in [0.25, 0.3) is 0 Å². The van der Waals surface area contributed by atoms with Crippen LogP contribution in [-0.2, 0) is 18.4 Å². The summed E-state index contributed by atoms with van der Waals surface area (Å²) in [5.41, 5.74) is 1.15. The third kappa shape index (κ3) is 5.92. The van der Waals surface area contributed by atoms with E-state index >= 15 is 0 Å². The van der Waals surface area contributed by atoms with Crippen LogP contribution in [0.15, 0.2) is 60.9 Å². The van der Waals surface area contributed by atoms with Crippen molar-refractivity contribution < 1.29 is 43.3 Å². The Labute approximate surface area is 242 Å². The highest BCUT2D eigenvalue weighted by atomic mass is 35.5. The number of rotatable bonds is 8. The van der Waals surface area contributed by atoms with Gasteiger partial charge < -0.3 is 39.5 Å². The molecule has 220 valence electrons. The Hall–Kier alpha value is -3.00. The van der Waals surface area contributed by atoms with Gasteiger partial charge >= 0.3 is 15.2 Å². The normalized spacial score (nSPS) is 22.6. The van der Waals surface area contributed by atoms with Crippen LogP contribution in [0.3, 0.4) is 0 Å². The van der Waals surface area contributed by atoms with Crippen LogP contribution in [0.25, 0.3) is 32.7 Å². The van der Waals surface area contributed by atoms with Crippen molar-refractivity contribution in [3.63, 3.8) is 0 Å². The fourth-order valence-electron chi connectivity index (χ4n) is 4.88. The van der Waals surface area contributed by atoms with E-state index < -0.39 is 52.2 Å². The van der Waals surface area contributed by atoms with E-state index in [1.807, 2.05) is 42.5 Å². The Bertz CT molecular complexity index is 1920. The number of hydrogen-bond donors (Lipinski definition) is 6. The van der Waals surface area contributed by atoms with Gasteiger partial charge in [-0.3, -0.25) is 13.7 Å². The number of hydrogen-bond acceptors (Lipinski definition) is 10. The van der Waals surface area contributed by atoms with Crippen molar-refractivity contribution in [1.82, 2.24) is 19.5 Å². The van der Waals surface area contributed by atoms with Gasteiger partial charge in [-0.15, -0.1) is 0 Å². The largest absolute Gasteiger partial charge is 0.387 e. The molecular formula is C25H24ClN5O9P2. The number of aromatic nitrogens is 4. The summed E-state index contributed by atoms with van der Waals surface area (Å²) in [7, 11) is -9.56. The van der Waals surface area contributed by atoms with E-state index in [0.717, 1.165) is 21.5 Å². The van der Waals surface area contributed by atoms with Crippen LogP contribution in [-0.4, -0.2) is 75.2 Å². The Balaban J connectivity index is 1.26. The van der Waals surface area contributed by atoms with Gasteiger partial charge in [0.15, 0.2) is 29.1 Å².